The van der Waals surface area contributed by atoms with Crippen molar-refractivity contribution in [3.05, 3.63) is 26.2 Å². The minimum Gasteiger partial charge on any atom is -0.310 e. The SMILES string of the molecule is CC(C)NC1CCN(c2ccc(I)cc2Br)C1=O. The van der Waals surface area contributed by atoms with E-state index >= 15 is 0 Å². The highest BCUT2D eigenvalue weighted by molar-refractivity contribution is 14.1. The summed E-state index contributed by atoms with van der Waals surface area (Å²) in [6.07, 6.45) is 0.870. The molecular weight excluding hydrogens is 407 g/mol. The molecule has 1 N–H and O–H groups in total. The second-order valence-electron chi connectivity index (χ2n) is 4.75. The van der Waals surface area contributed by atoms with Gasteiger partial charge in [0, 0.05) is 20.6 Å². The van der Waals surface area contributed by atoms with Crippen LogP contribution in [0.15, 0.2) is 22.7 Å². The fourth-order valence-electron chi connectivity index (χ4n) is 2.18. The van der Waals surface area contributed by atoms with Crippen molar-refractivity contribution in [1.82, 2.24) is 5.32 Å². The molecular formula is C13H16BrIN2O. The third-order valence-corrected chi connectivity index (χ3v) is 4.25. The van der Waals surface area contributed by atoms with Crippen LogP contribution in [-0.4, -0.2) is 24.5 Å². The lowest BCUT2D eigenvalue weighted by atomic mass is 10.2. The Kier molecular flexibility index (Phi) is 4.66. The number of anilines is 1. The molecule has 0 saturated carbocycles. The highest BCUT2D eigenvalue weighted by Crippen LogP contribution is 2.31. The van der Waals surface area contributed by atoms with Crippen LogP contribution in [0.3, 0.4) is 0 Å². The zero-order valence-electron chi connectivity index (χ0n) is 10.4. The van der Waals surface area contributed by atoms with Crippen LogP contribution in [0, 0.1) is 3.57 Å². The standard InChI is InChI=1S/C13H16BrIN2O/c1-8(2)16-11-5-6-17(13(11)18)12-4-3-9(15)7-10(12)14/h3-4,7-8,11,16H,5-6H2,1-2H3. The maximum absolute atomic E-state index is 12.3. The summed E-state index contributed by atoms with van der Waals surface area (Å²) in [5, 5.41) is 3.31. The number of nitrogens with one attached hydrogen (secondary N) is 1. The van der Waals surface area contributed by atoms with Crippen LogP contribution in [0.5, 0.6) is 0 Å². The molecule has 1 saturated heterocycles. The number of carbonyl (C=O) groups is 1. The number of benzene rings is 1. The van der Waals surface area contributed by atoms with Crippen LogP contribution in [-0.2, 0) is 4.79 Å². The van der Waals surface area contributed by atoms with Crippen LogP contribution in [0.4, 0.5) is 5.69 Å². The minimum absolute atomic E-state index is 0.0452. The number of halogens is 2. The molecule has 0 radical (unpaired) electrons. The van der Waals surface area contributed by atoms with E-state index in [0.29, 0.717) is 6.04 Å². The average Bonchev–Trinajstić information content (AvgIpc) is 2.60. The van der Waals surface area contributed by atoms with Crippen LogP contribution in [0.1, 0.15) is 20.3 Å². The van der Waals surface area contributed by atoms with Crippen LogP contribution < -0.4 is 10.2 Å². The first-order valence-corrected chi connectivity index (χ1v) is 7.88. The summed E-state index contributed by atoms with van der Waals surface area (Å²) in [6, 6.07) is 6.35. The van der Waals surface area contributed by atoms with Gasteiger partial charge >= 0.3 is 0 Å². The Labute approximate surface area is 130 Å². The summed E-state index contributed by atoms with van der Waals surface area (Å²) in [7, 11) is 0. The Balaban J connectivity index is 2.18. The van der Waals surface area contributed by atoms with E-state index in [1.165, 1.54) is 0 Å². The second kappa shape index (κ2) is 5.88. The Morgan fingerprint density at radius 2 is 2.22 bits per heavy atom. The molecule has 3 nitrogen and oxygen atoms in total. The lowest BCUT2D eigenvalue weighted by Gasteiger charge is -2.19. The second-order valence-corrected chi connectivity index (χ2v) is 6.85. The summed E-state index contributed by atoms with van der Waals surface area (Å²) < 4.78 is 2.14. The van der Waals surface area contributed by atoms with Gasteiger partial charge in [0.05, 0.1) is 11.7 Å². The van der Waals surface area contributed by atoms with E-state index in [9.17, 15) is 4.79 Å². The number of rotatable bonds is 3. The molecule has 1 amide bonds. The fourth-order valence-corrected chi connectivity index (χ4v) is 3.69. The fraction of sp³-hybridized carbons (Fsp3) is 0.462. The summed E-state index contributed by atoms with van der Waals surface area (Å²) in [5.74, 6) is 0.172. The molecule has 5 heteroatoms. The Bertz CT molecular complexity index is 464. The largest absolute Gasteiger partial charge is 0.310 e. The first-order chi connectivity index (χ1) is 8.49. The van der Waals surface area contributed by atoms with Crippen molar-refractivity contribution in [3.8, 4) is 0 Å². The molecule has 1 fully saturated rings. The van der Waals surface area contributed by atoms with Gasteiger partial charge in [-0.2, -0.15) is 0 Å². The van der Waals surface area contributed by atoms with E-state index in [4.69, 9.17) is 0 Å². The Morgan fingerprint density at radius 3 is 2.83 bits per heavy atom. The van der Waals surface area contributed by atoms with Crippen molar-refractivity contribution in [2.75, 3.05) is 11.4 Å². The average molecular weight is 423 g/mol. The van der Waals surface area contributed by atoms with Gasteiger partial charge < -0.3 is 10.2 Å². The molecule has 1 aliphatic rings. The van der Waals surface area contributed by atoms with E-state index in [1.807, 2.05) is 23.1 Å². The zero-order chi connectivity index (χ0) is 13.3. The molecule has 1 aliphatic heterocycles. The summed E-state index contributed by atoms with van der Waals surface area (Å²) in [4.78, 5) is 14.2. The van der Waals surface area contributed by atoms with Crippen LogP contribution >= 0.6 is 38.5 Å². The van der Waals surface area contributed by atoms with Crippen molar-refractivity contribution < 1.29 is 4.79 Å². The Hall–Kier alpha value is -0.140. The highest BCUT2D eigenvalue weighted by atomic mass is 127. The van der Waals surface area contributed by atoms with Crippen molar-refractivity contribution >= 4 is 50.1 Å². The molecule has 1 atom stereocenters. The monoisotopic (exact) mass is 422 g/mol. The zero-order valence-corrected chi connectivity index (χ0v) is 14.2. The normalized spacial score (nSPS) is 19.9. The van der Waals surface area contributed by atoms with Gasteiger partial charge in [0.25, 0.3) is 0 Å². The van der Waals surface area contributed by atoms with E-state index < -0.39 is 0 Å². The van der Waals surface area contributed by atoms with Gasteiger partial charge in [-0.15, -0.1) is 0 Å². The van der Waals surface area contributed by atoms with E-state index in [-0.39, 0.29) is 11.9 Å². The lowest BCUT2D eigenvalue weighted by Crippen LogP contribution is -2.41. The van der Waals surface area contributed by atoms with Crippen molar-refractivity contribution in [2.45, 2.75) is 32.4 Å². The minimum atomic E-state index is -0.0452. The van der Waals surface area contributed by atoms with Crippen molar-refractivity contribution in [3.63, 3.8) is 0 Å². The van der Waals surface area contributed by atoms with E-state index in [0.717, 1.165) is 26.7 Å². The number of nitrogens with zero attached hydrogens (tertiary/aromatic N) is 1. The van der Waals surface area contributed by atoms with Gasteiger partial charge in [0.15, 0.2) is 0 Å². The summed E-state index contributed by atoms with van der Waals surface area (Å²) in [5.41, 5.74) is 0.966. The topological polar surface area (TPSA) is 32.3 Å². The summed E-state index contributed by atoms with van der Waals surface area (Å²) >= 11 is 5.80. The number of hydrogen-bond donors (Lipinski definition) is 1. The molecule has 0 spiro atoms. The molecule has 18 heavy (non-hydrogen) atoms. The maximum Gasteiger partial charge on any atom is 0.244 e. The molecule has 0 aliphatic carbocycles. The van der Waals surface area contributed by atoms with E-state index in [1.54, 1.807) is 0 Å². The maximum atomic E-state index is 12.3. The first-order valence-electron chi connectivity index (χ1n) is 6.01. The third kappa shape index (κ3) is 3.05. The molecule has 2 rings (SSSR count). The number of hydrogen-bond acceptors (Lipinski definition) is 2. The van der Waals surface area contributed by atoms with Gasteiger partial charge in [-0.25, -0.2) is 0 Å². The third-order valence-electron chi connectivity index (χ3n) is 2.94. The van der Waals surface area contributed by atoms with Crippen LogP contribution in [0.2, 0.25) is 0 Å². The van der Waals surface area contributed by atoms with Crippen molar-refractivity contribution in [2.24, 2.45) is 0 Å². The van der Waals surface area contributed by atoms with Gasteiger partial charge in [0.1, 0.15) is 0 Å². The predicted molar refractivity (Wildman–Crippen MR) is 85.9 cm³/mol. The molecule has 1 aromatic carbocycles. The lowest BCUT2D eigenvalue weighted by molar-refractivity contribution is -0.118. The number of amides is 1. The molecule has 1 heterocycles. The molecule has 1 unspecified atom stereocenters. The van der Waals surface area contributed by atoms with Crippen molar-refractivity contribution in [1.29, 1.82) is 0 Å². The molecule has 0 aromatic heterocycles. The quantitative estimate of drug-likeness (QED) is 0.759. The van der Waals surface area contributed by atoms with Gasteiger partial charge in [-0.3, -0.25) is 4.79 Å². The highest BCUT2D eigenvalue weighted by Gasteiger charge is 2.33. The Morgan fingerprint density at radius 1 is 1.50 bits per heavy atom. The predicted octanol–water partition coefficient (Wildman–Crippen LogP) is 3.16. The van der Waals surface area contributed by atoms with E-state index in [2.05, 4.69) is 57.7 Å². The van der Waals surface area contributed by atoms with Gasteiger partial charge in [-0.1, -0.05) is 13.8 Å². The summed E-state index contributed by atoms with van der Waals surface area (Å²) in [6.45, 7) is 4.91. The molecule has 0 bridgehead atoms. The smallest absolute Gasteiger partial charge is 0.244 e. The van der Waals surface area contributed by atoms with Gasteiger partial charge in [-0.05, 0) is 63.1 Å². The number of carbonyl (C=O) groups excluding carboxylic acids is 1. The van der Waals surface area contributed by atoms with Crippen LogP contribution in [0.25, 0.3) is 0 Å². The first kappa shape index (κ1) is 14.3. The molecule has 1 aromatic rings. The van der Waals surface area contributed by atoms with Gasteiger partial charge in [0.2, 0.25) is 5.91 Å². The molecule has 98 valence electrons.